The minimum Gasteiger partial charge on any atom is -0.364 e. The van der Waals surface area contributed by atoms with Crippen molar-refractivity contribution in [1.82, 2.24) is 0 Å². The fraction of sp³-hybridized carbons (Fsp3) is 0.298. The Labute approximate surface area is 400 Å². The average Bonchev–Trinajstić information content (AvgIpc) is 3.39. The van der Waals surface area contributed by atoms with Crippen LogP contribution in [0.25, 0.3) is 10.4 Å². The fourth-order valence-electron chi connectivity index (χ4n) is 9.05. The molecule has 0 saturated heterocycles. The molecule has 0 fully saturated rings. The number of benzene rings is 6. The summed E-state index contributed by atoms with van der Waals surface area (Å²) in [5.41, 5.74) is 26.9. The average molecular weight is 908 g/mol. The molecule has 0 spiro atoms. The minimum atomic E-state index is -0.153. The summed E-state index contributed by atoms with van der Waals surface area (Å²) in [6, 6.07) is 46.7. The van der Waals surface area contributed by atoms with E-state index in [9.17, 15) is 19.2 Å². The molecule has 2 atom stereocenters. The number of nitrogens with two attached hydrogens (primary N) is 1. The van der Waals surface area contributed by atoms with Crippen molar-refractivity contribution < 1.29 is 19.2 Å². The molecule has 0 radical (unpaired) electrons. The Hall–Kier alpha value is -7.33. The first-order chi connectivity index (χ1) is 33.1. The molecule has 68 heavy (non-hydrogen) atoms. The normalized spacial score (nSPS) is 15.8. The standard InChI is InChI=1S/C19H20N4O.C19H22N2O.C19H19NO2/c1-2-14-8-9-18-16(12-14)17(21-22-20)10-11-23(18)13-19(24)15-6-4-3-5-7-15;1-2-14-8-9-18-16(12-14)17(20)10-11-21(18)13-19(22)15-6-4-3-5-7-15;1-2-14-8-9-17-16(12-14)18(21)10-11-20(17)13-19(22)15-6-4-3-5-7-15/h3-9,12,17H,2,10-11,13H2,1H3;3-9,12,17H,2,10-11,13,20H2,1H3;3-9,12H,2,10-11,13H2,1H3. The molecule has 0 aliphatic carbocycles. The van der Waals surface area contributed by atoms with Gasteiger partial charge in [0.2, 0.25) is 0 Å². The fourth-order valence-corrected chi connectivity index (χ4v) is 9.05. The van der Waals surface area contributed by atoms with Crippen LogP contribution in [0.15, 0.2) is 151 Å². The first kappa shape index (κ1) is 48.6. The van der Waals surface area contributed by atoms with Crippen LogP contribution in [0.1, 0.15) is 121 Å². The van der Waals surface area contributed by atoms with Gasteiger partial charge < -0.3 is 20.4 Å². The minimum absolute atomic E-state index is 0.0737. The van der Waals surface area contributed by atoms with Gasteiger partial charge in [0, 0.05) is 76.3 Å². The molecule has 11 heteroatoms. The lowest BCUT2D eigenvalue weighted by Crippen LogP contribution is -2.37. The van der Waals surface area contributed by atoms with Crippen LogP contribution in [0.5, 0.6) is 0 Å². The van der Waals surface area contributed by atoms with Gasteiger partial charge in [-0.1, -0.05) is 147 Å². The highest BCUT2D eigenvalue weighted by Gasteiger charge is 2.28. The SMILES string of the molecule is CCc1ccc2c(c1)C(=O)CCN2CC(=O)c1ccccc1.CCc1ccc2c(c1)C(N)CCN2CC(=O)c1ccccc1.CCc1ccc2c(c1)C(N=[N+]=[N-])CCN2CC(=O)c1ccccc1. The Bertz CT molecular complexity index is 2760. The quantitative estimate of drug-likeness (QED) is 0.0520. The molecule has 0 bridgehead atoms. The largest absolute Gasteiger partial charge is 0.364 e. The van der Waals surface area contributed by atoms with Gasteiger partial charge in [-0.2, -0.15) is 0 Å². The maximum atomic E-state index is 12.5. The van der Waals surface area contributed by atoms with Crippen molar-refractivity contribution in [1.29, 1.82) is 0 Å². The smallest absolute Gasteiger partial charge is 0.182 e. The number of aryl methyl sites for hydroxylation is 3. The van der Waals surface area contributed by atoms with E-state index in [0.29, 0.717) is 44.7 Å². The first-order valence-corrected chi connectivity index (χ1v) is 23.8. The van der Waals surface area contributed by atoms with Crippen molar-refractivity contribution in [2.24, 2.45) is 10.8 Å². The second kappa shape index (κ2) is 23.4. The Morgan fingerprint density at radius 3 is 1.44 bits per heavy atom. The van der Waals surface area contributed by atoms with Gasteiger partial charge in [0.1, 0.15) is 0 Å². The van der Waals surface area contributed by atoms with Gasteiger partial charge in [0.25, 0.3) is 0 Å². The van der Waals surface area contributed by atoms with Crippen LogP contribution in [0.2, 0.25) is 0 Å². The molecule has 3 aliphatic heterocycles. The van der Waals surface area contributed by atoms with Crippen LogP contribution in [0.3, 0.4) is 0 Å². The van der Waals surface area contributed by atoms with Gasteiger partial charge in [0.05, 0.1) is 25.7 Å². The van der Waals surface area contributed by atoms with E-state index in [1.165, 1.54) is 16.7 Å². The highest BCUT2D eigenvalue weighted by atomic mass is 16.1. The van der Waals surface area contributed by atoms with Crippen LogP contribution in [0, 0.1) is 0 Å². The number of carbonyl (C=O) groups is 4. The number of Topliss-reactive ketones (excluding diaryl/α,β-unsaturated/α-hetero) is 4. The van der Waals surface area contributed by atoms with Crippen molar-refractivity contribution in [2.75, 3.05) is 54.0 Å². The van der Waals surface area contributed by atoms with Crippen molar-refractivity contribution >= 4 is 40.2 Å². The number of carbonyl (C=O) groups excluding carboxylic acids is 4. The maximum absolute atomic E-state index is 12.5. The number of hydrogen-bond donors (Lipinski definition) is 1. The Balaban J connectivity index is 0.000000151. The zero-order chi connectivity index (χ0) is 48.0. The van der Waals surface area contributed by atoms with Crippen LogP contribution in [0.4, 0.5) is 17.1 Å². The molecule has 3 aliphatic rings. The first-order valence-electron chi connectivity index (χ1n) is 23.8. The molecule has 9 rings (SSSR count). The molecule has 6 aromatic rings. The van der Waals surface area contributed by atoms with E-state index >= 15 is 0 Å². The summed E-state index contributed by atoms with van der Waals surface area (Å²) in [5, 5.41) is 3.94. The third-order valence-corrected chi connectivity index (χ3v) is 13.0. The molecular formula is C57H61N7O4. The van der Waals surface area contributed by atoms with Crippen molar-refractivity contribution in [3.63, 3.8) is 0 Å². The van der Waals surface area contributed by atoms with Gasteiger partial charge in [-0.3, -0.25) is 19.2 Å². The van der Waals surface area contributed by atoms with E-state index in [-0.39, 0.29) is 35.2 Å². The molecule has 0 amide bonds. The third-order valence-electron chi connectivity index (χ3n) is 13.0. The highest BCUT2D eigenvalue weighted by molar-refractivity contribution is 6.06. The van der Waals surface area contributed by atoms with Crippen molar-refractivity contribution in [3.05, 3.63) is 206 Å². The van der Waals surface area contributed by atoms with Gasteiger partial charge in [-0.25, -0.2) is 0 Å². The van der Waals surface area contributed by atoms with Crippen LogP contribution < -0.4 is 20.4 Å². The van der Waals surface area contributed by atoms with Crippen LogP contribution >= 0.6 is 0 Å². The van der Waals surface area contributed by atoms with Crippen molar-refractivity contribution in [2.45, 2.75) is 71.4 Å². The summed E-state index contributed by atoms with van der Waals surface area (Å²) < 4.78 is 0. The molecule has 2 N–H and O–H groups in total. The summed E-state index contributed by atoms with van der Waals surface area (Å²) in [5.74, 6) is 0.513. The van der Waals surface area contributed by atoms with E-state index in [1.54, 1.807) is 0 Å². The molecule has 3 heterocycles. The molecule has 0 aromatic heterocycles. The molecule has 11 nitrogen and oxygen atoms in total. The molecule has 6 aromatic carbocycles. The molecular weight excluding hydrogens is 847 g/mol. The van der Waals surface area contributed by atoms with Crippen LogP contribution in [-0.2, 0) is 19.3 Å². The second-order valence-electron chi connectivity index (χ2n) is 17.4. The summed E-state index contributed by atoms with van der Waals surface area (Å²) in [4.78, 5) is 58.8. The number of rotatable bonds is 13. The zero-order valence-corrected chi connectivity index (χ0v) is 39.4. The topological polar surface area (TPSA) is 153 Å². The number of anilines is 3. The predicted octanol–water partition coefficient (Wildman–Crippen LogP) is 11.6. The summed E-state index contributed by atoms with van der Waals surface area (Å²) >= 11 is 0. The lowest BCUT2D eigenvalue weighted by atomic mass is 9.94. The zero-order valence-electron chi connectivity index (χ0n) is 39.4. The van der Waals surface area contributed by atoms with E-state index in [4.69, 9.17) is 11.3 Å². The Morgan fingerprint density at radius 2 is 0.971 bits per heavy atom. The van der Waals surface area contributed by atoms with Gasteiger partial charge >= 0.3 is 0 Å². The summed E-state index contributed by atoms with van der Waals surface area (Å²) in [6.07, 6.45) is 4.93. The summed E-state index contributed by atoms with van der Waals surface area (Å²) in [7, 11) is 0. The van der Waals surface area contributed by atoms with E-state index in [2.05, 4.69) is 70.9 Å². The lowest BCUT2D eigenvalue weighted by molar-refractivity contribution is 0.0962. The van der Waals surface area contributed by atoms with E-state index in [1.807, 2.05) is 120 Å². The van der Waals surface area contributed by atoms with Crippen LogP contribution in [-0.4, -0.2) is 62.4 Å². The number of hydrogen-bond acceptors (Lipinski definition) is 9. The third kappa shape index (κ3) is 12.0. The summed E-state index contributed by atoms with van der Waals surface area (Å²) in [6.45, 7) is 9.54. The van der Waals surface area contributed by atoms with E-state index in [0.717, 1.165) is 83.5 Å². The van der Waals surface area contributed by atoms with Gasteiger partial charge in [0.15, 0.2) is 23.1 Å². The van der Waals surface area contributed by atoms with Gasteiger partial charge in [-0.15, -0.1) is 0 Å². The Kier molecular flexibility index (Phi) is 16.7. The molecule has 348 valence electrons. The van der Waals surface area contributed by atoms with E-state index < -0.39 is 0 Å². The maximum Gasteiger partial charge on any atom is 0.182 e. The number of fused-ring (bicyclic) bond motifs is 3. The monoisotopic (exact) mass is 907 g/mol. The lowest BCUT2D eigenvalue weighted by Gasteiger charge is -2.34. The number of ketones is 4. The number of azide groups is 1. The van der Waals surface area contributed by atoms with Gasteiger partial charge in [-0.05, 0) is 89.7 Å². The second-order valence-corrected chi connectivity index (χ2v) is 17.4. The molecule has 0 saturated carbocycles. The van der Waals surface area contributed by atoms with Crippen molar-refractivity contribution in [3.8, 4) is 0 Å². The highest BCUT2D eigenvalue weighted by Crippen LogP contribution is 2.38. The number of nitrogens with zero attached hydrogens (tertiary/aromatic N) is 6. The Morgan fingerprint density at radius 1 is 0.559 bits per heavy atom. The molecule has 2 unspecified atom stereocenters. The predicted molar refractivity (Wildman–Crippen MR) is 273 cm³/mol.